The Hall–Kier alpha value is -2.22. The standard InChI is InChI=1S/C19H23F3N2O2S/c1-5-13(2)14-6-9-16(10-7-14)27(25,26)23-17-12-15(19(20,21)22)8-11-18(17)24(3)4/h6-13,23H,5H2,1-4H3/t13-/m0/s1. The highest BCUT2D eigenvalue weighted by molar-refractivity contribution is 7.92. The fraction of sp³-hybridized carbons (Fsp3) is 0.368. The molecule has 8 heteroatoms. The fourth-order valence-electron chi connectivity index (χ4n) is 2.60. The summed E-state index contributed by atoms with van der Waals surface area (Å²) in [6.45, 7) is 4.07. The highest BCUT2D eigenvalue weighted by Crippen LogP contribution is 2.35. The Morgan fingerprint density at radius 3 is 2.15 bits per heavy atom. The number of benzene rings is 2. The van der Waals surface area contributed by atoms with E-state index in [4.69, 9.17) is 0 Å². The molecule has 2 rings (SSSR count). The maximum Gasteiger partial charge on any atom is 0.416 e. The summed E-state index contributed by atoms with van der Waals surface area (Å²) >= 11 is 0. The quantitative estimate of drug-likeness (QED) is 0.735. The van der Waals surface area contributed by atoms with Gasteiger partial charge < -0.3 is 4.90 Å². The van der Waals surface area contributed by atoms with Crippen LogP contribution in [-0.2, 0) is 16.2 Å². The van der Waals surface area contributed by atoms with E-state index in [1.54, 1.807) is 31.1 Å². The van der Waals surface area contributed by atoms with Crippen LogP contribution in [-0.4, -0.2) is 22.5 Å². The molecule has 2 aromatic rings. The third-order valence-electron chi connectivity index (χ3n) is 4.42. The van der Waals surface area contributed by atoms with Gasteiger partial charge in [-0.1, -0.05) is 26.0 Å². The van der Waals surface area contributed by atoms with Gasteiger partial charge in [0.1, 0.15) is 0 Å². The number of hydrogen-bond acceptors (Lipinski definition) is 3. The molecular formula is C19H23F3N2O2S. The SMILES string of the molecule is CC[C@H](C)c1ccc(S(=O)(=O)Nc2cc(C(F)(F)F)ccc2N(C)C)cc1. The molecule has 1 N–H and O–H groups in total. The lowest BCUT2D eigenvalue weighted by molar-refractivity contribution is -0.137. The first-order chi connectivity index (χ1) is 12.5. The van der Waals surface area contributed by atoms with Gasteiger partial charge in [-0.15, -0.1) is 0 Å². The van der Waals surface area contributed by atoms with Gasteiger partial charge in [-0.05, 0) is 48.2 Å². The summed E-state index contributed by atoms with van der Waals surface area (Å²) in [5.41, 5.74) is 0.297. The van der Waals surface area contributed by atoms with Gasteiger partial charge in [0.15, 0.2) is 0 Å². The Balaban J connectivity index is 2.41. The molecule has 0 saturated carbocycles. The van der Waals surface area contributed by atoms with E-state index in [1.165, 1.54) is 18.2 Å². The van der Waals surface area contributed by atoms with Gasteiger partial charge in [-0.2, -0.15) is 13.2 Å². The summed E-state index contributed by atoms with van der Waals surface area (Å²) in [6.07, 6.45) is -3.65. The van der Waals surface area contributed by atoms with Gasteiger partial charge in [-0.25, -0.2) is 8.42 Å². The van der Waals surface area contributed by atoms with Crippen molar-refractivity contribution in [3.63, 3.8) is 0 Å². The second-order valence-electron chi connectivity index (χ2n) is 6.61. The summed E-state index contributed by atoms with van der Waals surface area (Å²) in [5, 5.41) is 0. The normalized spacial score (nSPS) is 13.3. The van der Waals surface area contributed by atoms with E-state index in [9.17, 15) is 21.6 Å². The van der Waals surface area contributed by atoms with Crippen LogP contribution in [0.3, 0.4) is 0 Å². The van der Waals surface area contributed by atoms with E-state index in [-0.39, 0.29) is 10.6 Å². The van der Waals surface area contributed by atoms with Crippen LogP contribution in [0.5, 0.6) is 0 Å². The van der Waals surface area contributed by atoms with Crippen LogP contribution >= 0.6 is 0 Å². The smallest absolute Gasteiger partial charge is 0.376 e. The molecule has 0 aliphatic rings. The maximum absolute atomic E-state index is 13.0. The Morgan fingerprint density at radius 1 is 1.07 bits per heavy atom. The van der Waals surface area contributed by atoms with Crippen LogP contribution in [0.25, 0.3) is 0 Å². The molecular weight excluding hydrogens is 377 g/mol. The van der Waals surface area contributed by atoms with Crippen molar-refractivity contribution in [1.29, 1.82) is 0 Å². The Morgan fingerprint density at radius 2 is 1.67 bits per heavy atom. The van der Waals surface area contributed by atoms with Gasteiger partial charge in [0, 0.05) is 14.1 Å². The largest absolute Gasteiger partial charge is 0.416 e. The molecule has 4 nitrogen and oxygen atoms in total. The summed E-state index contributed by atoms with van der Waals surface area (Å²) in [6, 6.07) is 9.35. The maximum atomic E-state index is 13.0. The molecule has 0 aliphatic heterocycles. The van der Waals surface area contributed by atoms with E-state index in [2.05, 4.69) is 4.72 Å². The molecule has 0 heterocycles. The molecule has 0 aromatic heterocycles. The first-order valence-corrected chi connectivity index (χ1v) is 9.95. The molecule has 0 fully saturated rings. The first kappa shape index (κ1) is 21.1. The van der Waals surface area contributed by atoms with Crippen LogP contribution in [0.1, 0.15) is 37.3 Å². The van der Waals surface area contributed by atoms with Crippen LogP contribution in [0, 0.1) is 0 Å². The van der Waals surface area contributed by atoms with Crippen LogP contribution < -0.4 is 9.62 Å². The Bertz CT molecular complexity index is 892. The number of nitrogens with zero attached hydrogens (tertiary/aromatic N) is 1. The lowest BCUT2D eigenvalue weighted by atomic mass is 9.99. The average molecular weight is 400 g/mol. The fourth-order valence-corrected chi connectivity index (χ4v) is 3.66. The second kappa shape index (κ2) is 7.80. The molecule has 0 aliphatic carbocycles. The van der Waals surface area contributed by atoms with Crippen molar-refractivity contribution in [1.82, 2.24) is 0 Å². The van der Waals surface area contributed by atoms with Gasteiger partial charge in [0.2, 0.25) is 0 Å². The van der Waals surface area contributed by atoms with Crippen LogP contribution in [0.15, 0.2) is 47.4 Å². The zero-order valence-electron chi connectivity index (χ0n) is 15.6. The van der Waals surface area contributed by atoms with Gasteiger partial charge >= 0.3 is 6.18 Å². The van der Waals surface area contributed by atoms with Crippen molar-refractivity contribution < 1.29 is 21.6 Å². The number of anilines is 2. The Labute approximate surface area is 158 Å². The zero-order chi connectivity index (χ0) is 20.4. The lowest BCUT2D eigenvalue weighted by Crippen LogP contribution is -2.18. The molecule has 2 aromatic carbocycles. The van der Waals surface area contributed by atoms with Crippen molar-refractivity contribution in [2.75, 3.05) is 23.7 Å². The van der Waals surface area contributed by atoms with Gasteiger partial charge in [0.25, 0.3) is 10.0 Å². The molecule has 0 amide bonds. The summed E-state index contributed by atoms with van der Waals surface area (Å²) in [7, 11) is -0.772. The third kappa shape index (κ3) is 4.94. The minimum Gasteiger partial charge on any atom is -0.376 e. The van der Waals surface area contributed by atoms with Crippen LogP contribution in [0.4, 0.5) is 24.5 Å². The van der Waals surface area contributed by atoms with Gasteiger partial charge in [0.05, 0.1) is 21.8 Å². The molecule has 0 spiro atoms. The van der Waals surface area contributed by atoms with E-state index in [0.717, 1.165) is 24.1 Å². The second-order valence-corrected chi connectivity index (χ2v) is 8.29. The van der Waals surface area contributed by atoms with Crippen molar-refractivity contribution in [3.8, 4) is 0 Å². The monoisotopic (exact) mass is 400 g/mol. The summed E-state index contributed by atoms with van der Waals surface area (Å²) in [5.74, 6) is 0.290. The highest BCUT2D eigenvalue weighted by Gasteiger charge is 2.31. The zero-order valence-corrected chi connectivity index (χ0v) is 16.4. The van der Waals surface area contributed by atoms with E-state index < -0.39 is 21.8 Å². The summed E-state index contributed by atoms with van der Waals surface area (Å²) in [4.78, 5) is 1.54. The predicted octanol–water partition coefficient (Wildman–Crippen LogP) is 5.09. The number of nitrogens with one attached hydrogen (secondary N) is 1. The molecule has 148 valence electrons. The average Bonchev–Trinajstić information content (AvgIpc) is 2.59. The van der Waals surface area contributed by atoms with E-state index in [1.807, 2.05) is 13.8 Å². The van der Waals surface area contributed by atoms with Crippen molar-refractivity contribution in [2.24, 2.45) is 0 Å². The van der Waals surface area contributed by atoms with Crippen molar-refractivity contribution in [3.05, 3.63) is 53.6 Å². The number of rotatable bonds is 6. The molecule has 0 bridgehead atoms. The molecule has 1 atom stereocenters. The minimum atomic E-state index is -4.57. The Kier molecular flexibility index (Phi) is 6.09. The first-order valence-electron chi connectivity index (χ1n) is 8.47. The van der Waals surface area contributed by atoms with Gasteiger partial charge in [-0.3, -0.25) is 4.72 Å². The molecule has 0 unspecified atom stereocenters. The molecule has 0 saturated heterocycles. The van der Waals surface area contributed by atoms with E-state index >= 15 is 0 Å². The lowest BCUT2D eigenvalue weighted by Gasteiger charge is -2.20. The number of sulfonamides is 1. The highest BCUT2D eigenvalue weighted by atomic mass is 32.2. The van der Waals surface area contributed by atoms with Crippen molar-refractivity contribution in [2.45, 2.75) is 37.3 Å². The van der Waals surface area contributed by atoms with Crippen LogP contribution in [0.2, 0.25) is 0 Å². The number of hydrogen-bond donors (Lipinski definition) is 1. The number of alkyl halides is 3. The third-order valence-corrected chi connectivity index (χ3v) is 5.80. The molecule has 0 radical (unpaired) electrons. The summed E-state index contributed by atoms with van der Waals surface area (Å²) < 4.78 is 66.7. The predicted molar refractivity (Wildman–Crippen MR) is 102 cm³/mol. The minimum absolute atomic E-state index is 0.00308. The topological polar surface area (TPSA) is 49.4 Å². The molecule has 27 heavy (non-hydrogen) atoms. The van der Waals surface area contributed by atoms with Crippen molar-refractivity contribution >= 4 is 21.4 Å². The van der Waals surface area contributed by atoms with E-state index in [0.29, 0.717) is 11.6 Å². The number of halogens is 3.